The van der Waals surface area contributed by atoms with Crippen molar-refractivity contribution in [3.8, 4) is 0 Å². The van der Waals surface area contributed by atoms with E-state index in [2.05, 4.69) is 21.3 Å². The number of imide groups is 2. The number of carbonyl (C=O) groups is 8. The predicted octanol–water partition coefficient (Wildman–Crippen LogP) is -0.625. The van der Waals surface area contributed by atoms with Crippen LogP contribution in [0, 0.1) is 5.92 Å². The van der Waals surface area contributed by atoms with Crippen molar-refractivity contribution in [2.75, 3.05) is 20.2 Å². The molecule has 0 radical (unpaired) electrons. The minimum atomic E-state index is -0.754. The SMILES string of the molecule is COC(C)CC(CC(=O)NC(C)NC(=O)CCN1C(=O)C=C(C)C1=O)CC(=O)NC(C)NC(=O)CCN1C(=O)C=C(C)C1=O. The average molecular weight is 619 g/mol. The summed E-state index contributed by atoms with van der Waals surface area (Å²) in [6.45, 7) is 7.79. The van der Waals surface area contributed by atoms with Gasteiger partial charge >= 0.3 is 0 Å². The summed E-state index contributed by atoms with van der Waals surface area (Å²) in [5.41, 5.74) is 0.611. The lowest BCUT2D eigenvalue weighted by molar-refractivity contribution is -0.139. The molecule has 44 heavy (non-hydrogen) atoms. The zero-order valence-corrected chi connectivity index (χ0v) is 26.0. The van der Waals surface area contributed by atoms with Crippen LogP contribution in [0.4, 0.5) is 0 Å². The Labute approximate surface area is 256 Å². The molecule has 15 heteroatoms. The first kappa shape index (κ1) is 35.8. The molecule has 0 aromatic carbocycles. The van der Waals surface area contributed by atoms with Crippen LogP contribution in [-0.4, -0.2) is 95.7 Å². The van der Waals surface area contributed by atoms with Crippen molar-refractivity contribution in [3.63, 3.8) is 0 Å². The molecule has 0 aliphatic carbocycles. The molecular weight excluding hydrogens is 576 g/mol. The smallest absolute Gasteiger partial charge is 0.256 e. The predicted molar refractivity (Wildman–Crippen MR) is 155 cm³/mol. The largest absolute Gasteiger partial charge is 0.382 e. The molecule has 242 valence electrons. The van der Waals surface area contributed by atoms with Gasteiger partial charge in [0.05, 0.1) is 18.4 Å². The van der Waals surface area contributed by atoms with Crippen LogP contribution in [0.1, 0.15) is 66.7 Å². The summed E-state index contributed by atoms with van der Waals surface area (Å²) in [6.07, 6.45) is 0.692. The molecule has 15 nitrogen and oxygen atoms in total. The van der Waals surface area contributed by atoms with Gasteiger partial charge in [-0.1, -0.05) is 0 Å². The summed E-state index contributed by atoms with van der Waals surface area (Å²) >= 11 is 0. The van der Waals surface area contributed by atoms with Gasteiger partial charge in [0.25, 0.3) is 23.6 Å². The molecule has 8 amide bonds. The average Bonchev–Trinajstić information content (AvgIpc) is 3.30. The molecule has 4 N–H and O–H groups in total. The fourth-order valence-electron chi connectivity index (χ4n) is 4.75. The topological polar surface area (TPSA) is 200 Å². The van der Waals surface area contributed by atoms with Crippen LogP contribution in [0.3, 0.4) is 0 Å². The van der Waals surface area contributed by atoms with E-state index in [-0.39, 0.29) is 44.9 Å². The number of nitrogens with zero attached hydrogens (tertiary/aromatic N) is 2. The maximum Gasteiger partial charge on any atom is 0.256 e. The van der Waals surface area contributed by atoms with Crippen molar-refractivity contribution in [2.24, 2.45) is 5.92 Å². The van der Waals surface area contributed by atoms with Gasteiger partial charge in [-0.05, 0) is 47.0 Å². The molecule has 2 aliphatic heterocycles. The minimum absolute atomic E-state index is 0.0465. The molecular formula is C29H42N6O9. The highest BCUT2D eigenvalue weighted by Gasteiger charge is 2.30. The van der Waals surface area contributed by atoms with Gasteiger partial charge in [-0.3, -0.25) is 48.2 Å². The Morgan fingerprint density at radius 1 is 0.682 bits per heavy atom. The first-order valence-electron chi connectivity index (χ1n) is 14.4. The number of rotatable bonds is 17. The van der Waals surface area contributed by atoms with Crippen molar-refractivity contribution < 1.29 is 43.1 Å². The second kappa shape index (κ2) is 16.4. The van der Waals surface area contributed by atoms with Gasteiger partial charge in [-0.2, -0.15) is 0 Å². The second-order valence-electron chi connectivity index (χ2n) is 11.0. The number of hydrogen-bond donors (Lipinski definition) is 4. The van der Waals surface area contributed by atoms with Crippen LogP contribution in [0.2, 0.25) is 0 Å². The van der Waals surface area contributed by atoms with Crippen molar-refractivity contribution >= 4 is 47.3 Å². The van der Waals surface area contributed by atoms with E-state index >= 15 is 0 Å². The number of nitrogens with one attached hydrogen (secondary N) is 4. The van der Waals surface area contributed by atoms with Gasteiger partial charge in [0.15, 0.2) is 0 Å². The van der Waals surface area contributed by atoms with E-state index in [0.717, 1.165) is 9.80 Å². The molecule has 0 aromatic heterocycles. The van der Waals surface area contributed by atoms with Crippen molar-refractivity contribution in [1.82, 2.24) is 31.1 Å². The highest BCUT2D eigenvalue weighted by Crippen LogP contribution is 2.18. The molecule has 2 heterocycles. The van der Waals surface area contributed by atoms with Crippen molar-refractivity contribution in [1.29, 1.82) is 0 Å². The van der Waals surface area contributed by atoms with E-state index in [9.17, 15) is 38.4 Å². The highest BCUT2D eigenvalue weighted by atomic mass is 16.5. The summed E-state index contributed by atoms with van der Waals surface area (Å²) in [6, 6.07) is 0. The Morgan fingerprint density at radius 2 is 1.05 bits per heavy atom. The zero-order chi connectivity index (χ0) is 33.1. The molecule has 0 spiro atoms. The third-order valence-corrected chi connectivity index (χ3v) is 7.03. The van der Waals surface area contributed by atoms with E-state index in [1.165, 1.54) is 33.1 Å². The molecule has 0 saturated carbocycles. The highest BCUT2D eigenvalue weighted by molar-refractivity contribution is 6.16. The summed E-state index contributed by atoms with van der Waals surface area (Å²) in [7, 11) is 1.51. The van der Waals surface area contributed by atoms with Crippen LogP contribution in [0.5, 0.6) is 0 Å². The molecule has 0 saturated heterocycles. The quantitative estimate of drug-likeness (QED) is 0.121. The van der Waals surface area contributed by atoms with Gasteiger partial charge < -0.3 is 26.0 Å². The van der Waals surface area contributed by atoms with E-state index in [1.807, 2.05) is 0 Å². The number of carbonyl (C=O) groups excluding carboxylic acids is 8. The van der Waals surface area contributed by atoms with Crippen LogP contribution in [0.15, 0.2) is 23.3 Å². The molecule has 0 aromatic rings. The first-order chi connectivity index (χ1) is 20.6. The van der Waals surface area contributed by atoms with Crippen LogP contribution in [-0.2, 0) is 43.1 Å². The third kappa shape index (κ3) is 11.0. The van der Waals surface area contributed by atoms with Gasteiger partial charge in [0, 0.05) is 69.2 Å². The Bertz CT molecular complexity index is 1160. The number of ether oxygens (including phenoxy) is 1. The summed E-state index contributed by atoms with van der Waals surface area (Å²) < 4.78 is 5.30. The Balaban J connectivity index is 1.78. The Morgan fingerprint density at radius 3 is 1.36 bits per heavy atom. The zero-order valence-electron chi connectivity index (χ0n) is 26.0. The van der Waals surface area contributed by atoms with Crippen molar-refractivity contribution in [2.45, 2.75) is 85.2 Å². The normalized spacial score (nSPS) is 17.5. The summed E-state index contributed by atoms with van der Waals surface area (Å²) in [4.78, 5) is 99.6. The number of methoxy groups -OCH3 is 1. The van der Waals surface area contributed by atoms with E-state index in [1.54, 1.807) is 20.8 Å². The lowest BCUT2D eigenvalue weighted by Crippen LogP contribution is -2.48. The molecule has 0 fully saturated rings. The van der Waals surface area contributed by atoms with Gasteiger partial charge in [0.1, 0.15) is 0 Å². The van der Waals surface area contributed by atoms with Gasteiger partial charge in [0.2, 0.25) is 23.6 Å². The Kier molecular flexibility index (Phi) is 13.4. The monoisotopic (exact) mass is 618 g/mol. The van der Waals surface area contributed by atoms with E-state index in [4.69, 9.17) is 4.74 Å². The van der Waals surface area contributed by atoms with Gasteiger partial charge in [-0.25, -0.2) is 0 Å². The lowest BCUT2D eigenvalue weighted by Gasteiger charge is -2.23. The standard InChI is InChI=1S/C29H42N6O9/c1-16-11-26(40)34(28(16)42)9-7-22(36)30-19(4)32-24(38)14-21(13-18(3)44-6)15-25(39)33-20(5)31-23(37)8-10-35-27(41)12-17(2)29(35)43/h11-12,18-21H,7-10,13-15H2,1-6H3,(H,30,36)(H,31,37)(H,32,38)(H,33,39). The number of amides is 8. The maximum absolute atomic E-state index is 12.7. The van der Waals surface area contributed by atoms with E-state index in [0.29, 0.717) is 17.6 Å². The lowest BCUT2D eigenvalue weighted by atomic mass is 9.94. The fourth-order valence-corrected chi connectivity index (χ4v) is 4.75. The minimum Gasteiger partial charge on any atom is -0.382 e. The van der Waals surface area contributed by atoms with Crippen LogP contribution in [0.25, 0.3) is 0 Å². The molecule has 2 aliphatic rings. The van der Waals surface area contributed by atoms with Crippen molar-refractivity contribution in [3.05, 3.63) is 23.3 Å². The second-order valence-corrected chi connectivity index (χ2v) is 11.0. The van der Waals surface area contributed by atoms with E-state index < -0.39 is 65.5 Å². The Hall–Kier alpha value is -4.40. The summed E-state index contributed by atoms with van der Waals surface area (Å²) in [5.74, 6) is -4.02. The molecule has 2 rings (SSSR count). The maximum atomic E-state index is 12.7. The molecule has 3 unspecified atom stereocenters. The van der Waals surface area contributed by atoms with Gasteiger partial charge in [-0.15, -0.1) is 0 Å². The van der Waals surface area contributed by atoms with Crippen LogP contribution < -0.4 is 21.3 Å². The first-order valence-corrected chi connectivity index (χ1v) is 14.4. The summed E-state index contributed by atoms with van der Waals surface area (Å²) in [5, 5.41) is 10.5. The number of hydrogen-bond acceptors (Lipinski definition) is 9. The molecule has 3 atom stereocenters. The third-order valence-electron chi connectivity index (χ3n) is 7.03. The van der Waals surface area contributed by atoms with Crippen LogP contribution >= 0.6 is 0 Å². The molecule has 0 bridgehead atoms. The fraction of sp³-hybridized carbons (Fsp3) is 0.586.